The Balaban J connectivity index is 1.89. The number of piperidine rings is 1. The molecular formula is C18H29N3O. The number of nitrogens with zero attached hydrogens (tertiary/aromatic N) is 2. The maximum Gasteiger partial charge on any atom is 0.193 e. The van der Waals surface area contributed by atoms with Crippen molar-refractivity contribution in [3.8, 4) is 5.75 Å². The van der Waals surface area contributed by atoms with Crippen LogP contribution in [-0.4, -0.2) is 44.1 Å². The smallest absolute Gasteiger partial charge is 0.193 e. The third kappa shape index (κ3) is 4.93. The number of methoxy groups -OCH3 is 1. The van der Waals surface area contributed by atoms with Crippen LogP contribution in [0.1, 0.15) is 32.3 Å². The third-order valence-corrected chi connectivity index (χ3v) is 4.24. The summed E-state index contributed by atoms with van der Waals surface area (Å²) in [6.45, 7) is 8.45. The first-order valence-corrected chi connectivity index (χ1v) is 8.39. The molecule has 0 spiro atoms. The molecule has 0 saturated carbocycles. The molecule has 1 fully saturated rings. The van der Waals surface area contributed by atoms with Crippen LogP contribution in [0.15, 0.2) is 29.3 Å². The third-order valence-electron chi connectivity index (χ3n) is 4.24. The number of guanidine groups is 1. The van der Waals surface area contributed by atoms with Crippen molar-refractivity contribution >= 4 is 5.96 Å². The molecule has 1 aromatic carbocycles. The summed E-state index contributed by atoms with van der Waals surface area (Å²) in [4.78, 5) is 7.20. The molecule has 0 unspecified atom stereocenters. The summed E-state index contributed by atoms with van der Waals surface area (Å²) in [5.74, 6) is 2.82. The van der Waals surface area contributed by atoms with Gasteiger partial charge in [-0.1, -0.05) is 19.1 Å². The zero-order chi connectivity index (χ0) is 15.8. The SMILES string of the molecule is CCNC(=NCCc1ccc(OC)cc1)N1CCC(C)CC1. The first-order chi connectivity index (χ1) is 10.7. The first-order valence-electron chi connectivity index (χ1n) is 8.39. The van der Waals surface area contributed by atoms with Gasteiger partial charge in [-0.3, -0.25) is 4.99 Å². The Bertz CT molecular complexity index is 462. The molecular weight excluding hydrogens is 274 g/mol. The van der Waals surface area contributed by atoms with E-state index in [1.165, 1.54) is 18.4 Å². The monoisotopic (exact) mass is 303 g/mol. The molecule has 0 aliphatic carbocycles. The topological polar surface area (TPSA) is 36.9 Å². The normalized spacial score (nSPS) is 16.7. The van der Waals surface area contributed by atoms with E-state index >= 15 is 0 Å². The fraction of sp³-hybridized carbons (Fsp3) is 0.611. The standard InChI is InChI=1S/C18H29N3O/c1-4-19-18(21-13-10-15(2)11-14-21)20-12-9-16-5-7-17(22-3)8-6-16/h5-8,15H,4,9-14H2,1-3H3,(H,19,20). The molecule has 4 heteroatoms. The van der Waals surface area contributed by atoms with E-state index in [9.17, 15) is 0 Å². The largest absolute Gasteiger partial charge is 0.497 e. The van der Waals surface area contributed by atoms with E-state index in [1.807, 2.05) is 12.1 Å². The highest BCUT2D eigenvalue weighted by Gasteiger charge is 2.18. The van der Waals surface area contributed by atoms with Crippen LogP contribution in [0.3, 0.4) is 0 Å². The molecule has 0 amide bonds. The fourth-order valence-corrected chi connectivity index (χ4v) is 2.73. The van der Waals surface area contributed by atoms with Crippen molar-refractivity contribution < 1.29 is 4.74 Å². The minimum absolute atomic E-state index is 0.820. The first kappa shape index (κ1) is 16.7. The van der Waals surface area contributed by atoms with Gasteiger partial charge in [0.25, 0.3) is 0 Å². The number of ether oxygens (including phenoxy) is 1. The number of rotatable bonds is 5. The lowest BCUT2D eigenvalue weighted by Gasteiger charge is -2.33. The second-order valence-corrected chi connectivity index (χ2v) is 6.00. The van der Waals surface area contributed by atoms with E-state index in [0.29, 0.717) is 0 Å². The van der Waals surface area contributed by atoms with Crippen molar-refractivity contribution in [1.82, 2.24) is 10.2 Å². The summed E-state index contributed by atoms with van der Waals surface area (Å²) >= 11 is 0. The van der Waals surface area contributed by atoms with Crippen LogP contribution in [0, 0.1) is 5.92 Å². The Morgan fingerprint density at radius 2 is 1.95 bits per heavy atom. The Kier molecular flexibility index (Phi) is 6.56. The minimum Gasteiger partial charge on any atom is -0.497 e. The summed E-state index contributed by atoms with van der Waals surface area (Å²) < 4.78 is 5.19. The van der Waals surface area contributed by atoms with Gasteiger partial charge in [-0.2, -0.15) is 0 Å². The van der Waals surface area contributed by atoms with Gasteiger partial charge in [-0.05, 0) is 49.8 Å². The van der Waals surface area contributed by atoms with Crippen molar-refractivity contribution in [2.24, 2.45) is 10.9 Å². The number of aliphatic imine (C=N–C) groups is 1. The molecule has 1 heterocycles. The lowest BCUT2D eigenvalue weighted by Crippen LogP contribution is -2.45. The molecule has 1 aliphatic heterocycles. The highest BCUT2D eigenvalue weighted by molar-refractivity contribution is 5.80. The zero-order valence-corrected chi connectivity index (χ0v) is 14.1. The van der Waals surface area contributed by atoms with E-state index in [0.717, 1.165) is 50.2 Å². The fourth-order valence-electron chi connectivity index (χ4n) is 2.73. The molecule has 1 aromatic rings. The lowest BCUT2D eigenvalue weighted by molar-refractivity contribution is 0.273. The van der Waals surface area contributed by atoms with Gasteiger partial charge >= 0.3 is 0 Å². The molecule has 0 bridgehead atoms. The number of nitrogens with one attached hydrogen (secondary N) is 1. The van der Waals surface area contributed by atoms with Crippen LogP contribution in [0.25, 0.3) is 0 Å². The van der Waals surface area contributed by atoms with Gasteiger partial charge in [0.2, 0.25) is 0 Å². The average molecular weight is 303 g/mol. The highest BCUT2D eigenvalue weighted by atomic mass is 16.5. The van der Waals surface area contributed by atoms with Crippen molar-refractivity contribution in [1.29, 1.82) is 0 Å². The van der Waals surface area contributed by atoms with Crippen LogP contribution in [0.2, 0.25) is 0 Å². The predicted octanol–water partition coefficient (Wildman–Crippen LogP) is 2.94. The van der Waals surface area contributed by atoms with Gasteiger partial charge in [-0.15, -0.1) is 0 Å². The van der Waals surface area contributed by atoms with Crippen LogP contribution in [0.4, 0.5) is 0 Å². The van der Waals surface area contributed by atoms with Crippen molar-refractivity contribution in [3.63, 3.8) is 0 Å². The molecule has 0 atom stereocenters. The number of hydrogen-bond acceptors (Lipinski definition) is 2. The van der Waals surface area contributed by atoms with E-state index in [1.54, 1.807) is 7.11 Å². The predicted molar refractivity (Wildman–Crippen MR) is 92.6 cm³/mol. The van der Waals surface area contributed by atoms with Gasteiger partial charge < -0.3 is 15.0 Å². The molecule has 1 N–H and O–H groups in total. The van der Waals surface area contributed by atoms with E-state index in [4.69, 9.17) is 9.73 Å². The second kappa shape index (κ2) is 8.66. The van der Waals surface area contributed by atoms with Crippen molar-refractivity contribution in [2.75, 3.05) is 33.3 Å². The number of benzene rings is 1. The number of likely N-dealkylation sites (tertiary alicyclic amines) is 1. The van der Waals surface area contributed by atoms with Gasteiger partial charge in [0.1, 0.15) is 5.75 Å². The second-order valence-electron chi connectivity index (χ2n) is 6.00. The molecule has 4 nitrogen and oxygen atoms in total. The molecule has 0 radical (unpaired) electrons. The van der Waals surface area contributed by atoms with Gasteiger partial charge in [0.15, 0.2) is 5.96 Å². The maximum absolute atomic E-state index is 5.19. The quantitative estimate of drug-likeness (QED) is 0.671. The van der Waals surface area contributed by atoms with Crippen molar-refractivity contribution in [2.45, 2.75) is 33.1 Å². The molecule has 122 valence electrons. The minimum atomic E-state index is 0.820. The van der Waals surface area contributed by atoms with E-state index < -0.39 is 0 Å². The Morgan fingerprint density at radius 1 is 1.27 bits per heavy atom. The Hall–Kier alpha value is -1.71. The van der Waals surface area contributed by atoms with Crippen LogP contribution < -0.4 is 10.1 Å². The van der Waals surface area contributed by atoms with E-state index in [2.05, 4.69) is 36.2 Å². The van der Waals surface area contributed by atoms with Crippen molar-refractivity contribution in [3.05, 3.63) is 29.8 Å². The average Bonchev–Trinajstić information content (AvgIpc) is 2.55. The maximum atomic E-state index is 5.19. The van der Waals surface area contributed by atoms with Crippen LogP contribution >= 0.6 is 0 Å². The summed E-state index contributed by atoms with van der Waals surface area (Å²) in [5, 5.41) is 3.43. The van der Waals surface area contributed by atoms with Crippen LogP contribution in [-0.2, 0) is 6.42 Å². The van der Waals surface area contributed by atoms with E-state index in [-0.39, 0.29) is 0 Å². The molecule has 1 saturated heterocycles. The highest BCUT2D eigenvalue weighted by Crippen LogP contribution is 2.16. The molecule has 1 aliphatic rings. The Labute approximate surface area is 134 Å². The molecule has 2 rings (SSSR count). The summed E-state index contributed by atoms with van der Waals surface area (Å²) in [7, 11) is 1.70. The molecule has 0 aromatic heterocycles. The molecule has 22 heavy (non-hydrogen) atoms. The zero-order valence-electron chi connectivity index (χ0n) is 14.1. The lowest BCUT2D eigenvalue weighted by atomic mass is 10.00. The summed E-state index contributed by atoms with van der Waals surface area (Å²) in [5.41, 5.74) is 1.30. The Morgan fingerprint density at radius 3 is 2.55 bits per heavy atom. The number of hydrogen-bond donors (Lipinski definition) is 1. The van der Waals surface area contributed by atoms with Gasteiger partial charge in [0.05, 0.1) is 7.11 Å². The van der Waals surface area contributed by atoms with Gasteiger partial charge in [0, 0.05) is 26.2 Å². The van der Waals surface area contributed by atoms with Gasteiger partial charge in [-0.25, -0.2) is 0 Å². The summed E-state index contributed by atoms with van der Waals surface area (Å²) in [6, 6.07) is 8.25. The van der Waals surface area contributed by atoms with Crippen LogP contribution in [0.5, 0.6) is 5.75 Å². The summed E-state index contributed by atoms with van der Waals surface area (Å²) in [6.07, 6.45) is 3.49.